The molecular formula is C24H39O13P. The normalized spacial score (nSPS) is 11.0. The topological polar surface area (TPSA) is 151 Å². The van der Waals surface area contributed by atoms with E-state index in [1.165, 1.54) is 20.8 Å². The van der Waals surface area contributed by atoms with Gasteiger partial charge < -0.3 is 14.2 Å². The molecule has 0 aliphatic rings. The molecular weight excluding hydrogens is 527 g/mol. The molecule has 0 aliphatic carbocycles. The van der Waals surface area contributed by atoms with Gasteiger partial charge in [-0.2, -0.15) is 0 Å². The van der Waals surface area contributed by atoms with Crippen molar-refractivity contribution >= 4 is 25.7 Å². The summed E-state index contributed by atoms with van der Waals surface area (Å²) in [7, 11) is -4.43. The number of esters is 3. The van der Waals surface area contributed by atoms with Crippen molar-refractivity contribution in [2.75, 3.05) is 39.6 Å². The smallest absolute Gasteiger partial charge is 0.462 e. The summed E-state index contributed by atoms with van der Waals surface area (Å²) in [4.78, 5) is 48.6. The summed E-state index contributed by atoms with van der Waals surface area (Å²) in [5.41, 5.74) is 0.877. The average molecular weight is 567 g/mol. The Morgan fingerprint density at radius 1 is 0.500 bits per heavy atom. The molecule has 0 fully saturated rings. The molecule has 0 heterocycles. The third-order valence-corrected chi connectivity index (χ3v) is 4.91. The van der Waals surface area contributed by atoms with E-state index >= 15 is 0 Å². The number of ether oxygens (including phenoxy) is 3. The van der Waals surface area contributed by atoms with Gasteiger partial charge in [-0.3, -0.25) is 0 Å². The van der Waals surface area contributed by atoms with Crippen LogP contribution in [0.4, 0.5) is 0 Å². The highest BCUT2D eigenvalue weighted by molar-refractivity contribution is 7.48. The lowest BCUT2D eigenvalue weighted by Crippen LogP contribution is -2.09. The number of unbranched alkanes of at least 4 members (excludes halogenated alkanes) is 3. The molecule has 0 rings (SSSR count). The maximum absolute atomic E-state index is 12.7. The van der Waals surface area contributed by atoms with Gasteiger partial charge in [-0.1, -0.05) is 19.7 Å². The van der Waals surface area contributed by atoms with Gasteiger partial charge in [-0.15, -0.1) is 14.0 Å². The van der Waals surface area contributed by atoms with Crippen molar-refractivity contribution in [2.45, 2.75) is 59.3 Å². The predicted octanol–water partition coefficient (Wildman–Crippen LogP) is 4.64. The van der Waals surface area contributed by atoms with Gasteiger partial charge in [0.25, 0.3) is 0 Å². The first-order valence-corrected chi connectivity index (χ1v) is 13.5. The Balaban J connectivity index is 4.35. The summed E-state index contributed by atoms with van der Waals surface area (Å²) in [5.74, 6) is -1.48. The Kier molecular flexibility index (Phi) is 20.2. The average Bonchev–Trinajstić information content (AvgIpc) is 2.86. The van der Waals surface area contributed by atoms with Crippen LogP contribution in [0.3, 0.4) is 0 Å². The molecule has 0 saturated carbocycles. The first-order valence-electron chi connectivity index (χ1n) is 12.0. The molecule has 0 aliphatic heterocycles. The number of carbonyl (C=O) groups excluding carboxylic acids is 3. The van der Waals surface area contributed by atoms with Gasteiger partial charge in [-0.25, -0.2) is 33.6 Å². The minimum absolute atomic E-state index is 0.0243. The van der Waals surface area contributed by atoms with Crippen LogP contribution >= 0.6 is 7.82 Å². The standard InChI is InChI=1S/C24H39O13P/c1-19(2)22(25)29-13-7-10-16-32-35-38(28,36-33-17-11-8-14-30-23(26)20(3)4)37-34-18-12-9-15-31-24(27)21(5)6/h1,3,5,7-18H2,2,4,6H3. The van der Waals surface area contributed by atoms with Crippen molar-refractivity contribution in [1.29, 1.82) is 0 Å². The highest BCUT2D eigenvalue weighted by Gasteiger charge is 2.32. The van der Waals surface area contributed by atoms with Crippen LogP contribution in [0.2, 0.25) is 0 Å². The SMILES string of the molecule is C=C(C)C(=O)OCCCCOOP(=O)(OOCCCCOC(=O)C(=C)C)OOCCCCOC(=O)C(=C)C. The molecule has 0 unspecified atom stereocenters. The lowest BCUT2D eigenvalue weighted by atomic mass is 10.3. The second-order valence-electron chi connectivity index (χ2n) is 8.01. The lowest BCUT2D eigenvalue weighted by molar-refractivity contribution is -0.325. The molecule has 0 radical (unpaired) electrons. The molecule has 13 nitrogen and oxygen atoms in total. The Labute approximate surface area is 223 Å². The molecule has 0 amide bonds. The quantitative estimate of drug-likeness (QED) is 0.0304. The number of rotatable bonds is 24. The van der Waals surface area contributed by atoms with E-state index in [2.05, 4.69) is 19.7 Å². The fraction of sp³-hybridized carbons (Fsp3) is 0.625. The van der Waals surface area contributed by atoms with Crippen molar-refractivity contribution in [2.24, 2.45) is 0 Å². The van der Waals surface area contributed by atoms with E-state index in [4.69, 9.17) is 42.9 Å². The van der Waals surface area contributed by atoms with E-state index in [-0.39, 0.29) is 39.6 Å². The maximum Gasteiger partial charge on any atom is 0.556 e. The lowest BCUT2D eigenvalue weighted by Gasteiger charge is -2.15. The van der Waals surface area contributed by atoms with Crippen LogP contribution in [0.5, 0.6) is 0 Å². The van der Waals surface area contributed by atoms with Crippen LogP contribution < -0.4 is 0 Å². The third kappa shape index (κ3) is 19.7. The predicted molar refractivity (Wildman–Crippen MR) is 134 cm³/mol. The molecule has 14 heteroatoms. The van der Waals surface area contributed by atoms with Crippen LogP contribution in [-0.2, 0) is 61.8 Å². The first kappa shape index (κ1) is 35.6. The van der Waals surface area contributed by atoms with E-state index in [1.54, 1.807) is 0 Å². The van der Waals surface area contributed by atoms with Crippen molar-refractivity contribution < 1.29 is 61.8 Å². The molecule has 0 bridgehead atoms. The van der Waals surface area contributed by atoms with Crippen LogP contribution in [-0.4, -0.2) is 57.5 Å². The zero-order valence-electron chi connectivity index (χ0n) is 22.4. The van der Waals surface area contributed by atoms with E-state index < -0.39 is 25.7 Å². The van der Waals surface area contributed by atoms with Gasteiger partial charge >= 0.3 is 25.7 Å². The largest absolute Gasteiger partial charge is 0.556 e. The summed E-state index contributed by atoms with van der Waals surface area (Å²) in [5, 5.41) is 0. The van der Waals surface area contributed by atoms with E-state index in [0.29, 0.717) is 55.2 Å². The van der Waals surface area contributed by atoms with E-state index in [1.807, 2.05) is 0 Å². The number of phosphoric acid groups is 1. The Hall–Kier alpha value is -2.38. The molecule has 38 heavy (non-hydrogen) atoms. The van der Waals surface area contributed by atoms with E-state index in [9.17, 15) is 18.9 Å². The number of carbonyl (C=O) groups is 3. The summed E-state index contributed by atoms with van der Waals surface area (Å²) in [6.45, 7) is 15.4. The second kappa shape index (κ2) is 21.5. The van der Waals surface area contributed by atoms with Gasteiger partial charge in [0.2, 0.25) is 0 Å². The Bertz CT molecular complexity index is 720. The minimum atomic E-state index is -4.43. The fourth-order valence-corrected chi connectivity index (χ4v) is 2.68. The summed E-state index contributed by atoms with van der Waals surface area (Å²) in [6.07, 6.45) is 2.55. The van der Waals surface area contributed by atoms with Crippen molar-refractivity contribution in [3.05, 3.63) is 36.5 Å². The van der Waals surface area contributed by atoms with Crippen molar-refractivity contribution in [3.63, 3.8) is 0 Å². The van der Waals surface area contributed by atoms with Gasteiger partial charge in [0.15, 0.2) is 0 Å². The number of hydrogen-bond acceptors (Lipinski definition) is 13. The highest BCUT2D eigenvalue weighted by atomic mass is 31.2. The maximum atomic E-state index is 12.7. The van der Waals surface area contributed by atoms with Gasteiger partial charge in [0, 0.05) is 16.7 Å². The Morgan fingerprint density at radius 2 is 0.737 bits per heavy atom. The molecule has 0 aromatic carbocycles. The van der Waals surface area contributed by atoms with Gasteiger partial charge in [0.05, 0.1) is 39.6 Å². The molecule has 0 atom stereocenters. The van der Waals surface area contributed by atoms with Crippen LogP contribution in [0.25, 0.3) is 0 Å². The summed E-state index contributed by atoms with van der Waals surface area (Å²) in [6, 6.07) is 0. The fourth-order valence-electron chi connectivity index (χ4n) is 2.00. The van der Waals surface area contributed by atoms with E-state index in [0.717, 1.165) is 0 Å². The highest BCUT2D eigenvalue weighted by Crippen LogP contribution is 2.50. The monoisotopic (exact) mass is 566 g/mol. The molecule has 0 spiro atoms. The van der Waals surface area contributed by atoms with Crippen LogP contribution in [0, 0.1) is 0 Å². The molecule has 0 aromatic rings. The molecule has 218 valence electrons. The van der Waals surface area contributed by atoms with Gasteiger partial charge in [0.1, 0.15) is 0 Å². The summed E-state index contributed by atoms with van der Waals surface area (Å²) >= 11 is 0. The summed E-state index contributed by atoms with van der Waals surface area (Å²) < 4.78 is 41.8. The first-order chi connectivity index (χ1) is 18.0. The van der Waals surface area contributed by atoms with Gasteiger partial charge in [-0.05, 0) is 59.3 Å². The second-order valence-corrected chi connectivity index (χ2v) is 9.35. The molecule has 0 N–H and O–H groups in total. The number of hydrogen-bond donors (Lipinski definition) is 0. The van der Waals surface area contributed by atoms with Crippen molar-refractivity contribution in [1.82, 2.24) is 0 Å². The zero-order valence-corrected chi connectivity index (χ0v) is 23.3. The van der Waals surface area contributed by atoms with Crippen molar-refractivity contribution in [3.8, 4) is 0 Å². The van der Waals surface area contributed by atoms with Crippen LogP contribution in [0.15, 0.2) is 36.5 Å². The third-order valence-electron chi connectivity index (χ3n) is 4.04. The molecule has 0 saturated heterocycles. The Morgan fingerprint density at radius 3 is 0.974 bits per heavy atom. The minimum Gasteiger partial charge on any atom is -0.462 e. The zero-order chi connectivity index (χ0) is 28.8. The van der Waals surface area contributed by atoms with Crippen LogP contribution in [0.1, 0.15) is 59.3 Å². The molecule has 0 aromatic heterocycles.